The lowest BCUT2D eigenvalue weighted by atomic mass is 10.2. The van der Waals surface area contributed by atoms with E-state index in [1.54, 1.807) is 12.4 Å². The van der Waals surface area contributed by atoms with Gasteiger partial charge in [0.1, 0.15) is 0 Å². The van der Waals surface area contributed by atoms with Crippen molar-refractivity contribution in [3.05, 3.63) is 36.3 Å². The number of pyridine rings is 1. The third kappa shape index (κ3) is 2.36. The molecule has 12 heavy (non-hydrogen) atoms. The molecule has 1 heterocycles. The van der Waals surface area contributed by atoms with Gasteiger partial charge in [-0.05, 0) is 18.6 Å². The highest BCUT2D eigenvalue weighted by atomic mass is 14.9. The molecule has 1 rings (SSSR count). The van der Waals surface area contributed by atoms with E-state index in [9.17, 15) is 0 Å². The lowest BCUT2D eigenvalue weighted by Gasteiger charge is -2.05. The van der Waals surface area contributed by atoms with E-state index in [0.29, 0.717) is 6.54 Å². The van der Waals surface area contributed by atoms with Gasteiger partial charge in [0.25, 0.3) is 0 Å². The van der Waals surface area contributed by atoms with Crippen LogP contribution in [0.3, 0.4) is 0 Å². The molecule has 1 aromatic rings. The topological polar surface area (TPSA) is 50.9 Å². The molecule has 0 atom stereocenters. The Balaban J connectivity index is 2.79. The number of allylic oxidation sites excluding steroid dienone is 1. The van der Waals surface area contributed by atoms with Gasteiger partial charge >= 0.3 is 0 Å². The van der Waals surface area contributed by atoms with E-state index >= 15 is 0 Å². The van der Waals surface area contributed by atoms with Gasteiger partial charge in [-0.25, -0.2) is 0 Å². The summed E-state index contributed by atoms with van der Waals surface area (Å²) in [4.78, 5) is 4.02. The van der Waals surface area contributed by atoms with Gasteiger partial charge in [0.15, 0.2) is 0 Å². The van der Waals surface area contributed by atoms with Crippen LogP contribution >= 0.6 is 0 Å². The van der Waals surface area contributed by atoms with Crippen molar-refractivity contribution < 1.29 is 0 Å². The Morgan fingerprint density at radius 1 is 1.67 bits per heavy atom. The quantitative estimate of drug-likeness (QED) is 0.709. The summed E-state index contributed by atoms with van der Waals surface area (Å²) >= 11 is 0. The summed E-state index contributed by atoms with van der Waals surface area (Å²) < 4.78 is 0. The van der Waals surface area contributed by atoms with E-state index < -0.39 is 0 Å². The fourth-order valence-corrected chi connectivity index (χ4v) is 0.914. The van der Waals surface area contributed by atoms with Crippen LogP contribution in [0.2, 0.25) is 0 Å². The van der Waals surface area contributed by atoms with E-state index in [0.717, 1.165) is 16.9 Å². The number of hydrogen-bond acceptors (Lipinski definition) is 3. The lowest BCUT2D eigenvalue weighted by Crippen LogP contribution is -1.99. The Kier molecular flexibility index (Phi) is 2.82. The van der Waals surface area contributed by atoms with Gasteiger partial charge < -0.3 is 11.1 Å². The Morgan fingerprint density at radius 3 is 3.00 bits per heavy atom. The molecule has 0 unspecified atom stereocenters. The van der Waals surface area contributed by atoms with E-state index in [1.807, 2.05) is 13.0 Å². The molecule has 0 aromatic carbocycles. The normalized spacial score (nSPS) is 9.50. The van der Waals surface area contributed by atoms with Crippen LogP contribution in [0.1, 0.15) is 12.5 Å². The second-order valence-electron chi connectivity index (χ2n) is 2.69. The van der Waals surface area contributed by atoms with Crippen molar-refractivity contribution in [2.45, 2.75) is 13.5 Å². The molecule has 0 bridgehead atoms. The second-order valence-corrected chi connectivity index (χ2v) is 2.69. The molecule has 0 amide bonds. The van der Waals surface area contributed by atoms with Gasteiger partial charge in [-0.2, -0.15) is 0 Å². The zero-order chi connectivity index (χ0) is 8.97. The molecular weight excluding hydrogens is 150 g/mol. The zero-order valence-corrected chi connectivity index (χ0v) is 7.17. The number of nitrogens with two attached hydrogens (primary N) is 1. The predicted octanol–water partition coefficient (Wildman–Crippen LogP) is 1.49. The average molecular weight is 163 g/mol. The molecule has 0 fully saturated rings. The Morgan fingerprint density at radius 2 is 2.42 bits per heavy atom. The monoisotopic (exact) mass is 163 g/mol. The smallest absolute Gasteiger partial charge is 0.0571 e. The molecule has 0 aliphatic heterocycles. The third-order valence-corrected chi connectivity index (χ3v) is 1.39. The number of hydrogen-bond donors (Lipinski definition) is 2. The van der Waals surface area contributed by atoms with Gasteiger partial charge in [-0.15, -0.1) is 0 Å². The summed E-state index contributed by atoms with van der Waals surface area (Å²) in [5, 5.41) is 3.07. The third-order valence-electron chi connectivity index (χ3n) is 1.39. The fraction of sp³-hybridized carbons (Fsp3) is 0.222. The molecule has 0 aliphatic carbocycles. The fourth-order valence-electron chi connectivity index (χ4n) is 0.914. The first kappa shape index (κ1) is 8.74. The molecule has 3 N–H and O–H groups in total. The highest BCUT2D eigenvalue weighted by Gasteiger charge is 1.93. The van der Waals surface area contributed by atoms with Crippen LogP contribution in [0.25, 0.3) is 0 Å². The minimum absolute atomic E-state index is 0.513. The summed E-state index contributed by atoms with van der Waals surface area (Å²) in [5.74, 6) is 0. The minimum atomic E-state index is 0.513. The summed E-state index contributed by atoms with van der Waals surface area (Å²) in [6.45, 7) is 6.15. The molecule has 0 spiro atoms. The van der Waals surface area contributed by atoms with Crippen molar-refractivity contribution in [2.24, 2.45) is 5.73 Å². The maximum atomic E-state index is 5.46. The van der Waals surface area contributed by atoms with Crippen molar-refractivity contribution in [1.82, 2.24) is 4.98 Å². The van der Waals surface area contributed by atoms with Gasteiger partial charge in [0.05, 0.1) is 11.9 Å². The largest absolute Gasteiger partial charge is 0.358 e. The first-order chi connectivity index (χ1) is 5.72. The van der Waals surface area contributed by atoms with Gasteiger partial charge in [0.2, 0.25) is 0 Å². The average Bonchev–Trinajstić information content (AvgIpc) is 2.03. The van der Waals surface area contributed by atoms with Crippen LogP contribution in [0, 0.1) is 0 Å². The number of aromatic nitrogens is 1. The molecule has 1 aromatic heterocycles. The van der Waals surface area contributed by atoms with E-state index in [4.69, 9.17) is 5.73 Å². The summed E-state index contributed by atoms with van der Waals surface area (Å²) in [6, 6.07) is 1.96. The number of rotatable bonds is 3. The maximum absolute atomic E-state index is 5.46. The Bertz CT molecular complexity index is 281. The van der Waals surface area contributed by atoms with Crippen molar-refractivity contribution in [3.63, 3.8) is 0 Å². The number of nitrogens with one attached hydrogen (secondary N) is 1. The first-order valence-electron chi connectivity index (χ1n) is 3.79. The molecular formula is C9H13N3. The highest BCUT2D eigenvalue weighted by Crippen LogP contribution is 2.09. The molecule has 64 valence electrons. The molecule has 0 radical (unpaired) electrons. The first-order valence-corrected chi connectivity index (χ1v) is 3.79. The van der Waals surface area contributed by atoms with Crippen LogP contribution in [0.5, 0.6) is 0 Å². The van der Waals surface area contributed by atoms with Crippen LogP contribution < -0.4 is 11.1 Å². The summed E-state index contributed by atoms with van der Waals surface area (Å²) in [5.41, 5.74) is 8.30. The Labute approximate surface area is 72.3 Å². The highest BCUT2D eigenvalue weighted by molar-refractivity contribution is 5.46. The molecule has 0 aliphatic rings. The van der Waals surface area contributed by atoms with E-state index in [1.165, 1.54) is 0 Å². The lowest BCUT2D eigenvalue weighted by molar-refractivity contribution is 1.05. The van der Waals surface area contributed by atoms with Crippen LogP contribution in [0.4, 0.5) is 5.69 Å². The molecule has 3 heteroatoms. The van der Waals surface area contributed by atoms with Crippen LogP contribution in [0.15, 0.2) is 30.7 Å². The van der Waals surface area contributed by atoms with Crippen molar-refractivity contribution in [2.75, 3.05) is 5.32 Å². The minimum Gasteiger partial charge on any atom is -0.358 e. The maximum Gasteiger partial charge on any atom is 0.0571 e. The predicted molar refractivity (Wildman–Crippen MR) is 50.6 cm³/mol. The number of nitrogens with zero attached hydrogens (tertiary/aromatic N) is 1. The van der Waals surface area contributed by atoms with Gasteiger partial charge in [-0.3, -0.25) is 4.98 Å². The Hall–Kier alpha value is -1.35. The SMILES string of the molecule is C=C(C)Nc1cncc(CN)c1. The zero-order valence-electron chi connectivity index (χ0n) is 7.17. The van der Waals surface area contributed by atoms with Crippen molar-refractivity contribution in [3.8, 4) is 0 Å². The molecule has 0 saturated carbocycles. The van der Waals surface area contributed by atoms with Crippen molar-refractivity contribution in [1.29, 1.82) is 0 Å². The molecule has 0 saturated heterocycles. The standard InChI is InChI=1S/C9H13N3/c1-7(2)12-9-3-8(4-10)5-11-6-9/h3,5-6,12H,1,4,10H2,2H3. The van der Waals surface area contributed by atoms with E-state index in [2.05, 4.69) is 16.9 Å². The summed E-state index contributed by atoms with van der Waals surface area (Å²) in [7, 11) is 0. The van der Waals surface area contributed by atoms with Crippen LogP contribution in [-0.4, -0.2) is 4.98 Å². The molecule has 3 nitrogen and oxygen atoms in total. The van der Waals surface area contributed by atoms with Gasteiger partial charge in [0, 0.05) is 18.4 Å². The van der Waals surface area contributed by atoms with E-state index in [-0.39, 0.29) is 0 Å². The second kappa shape index (κ2) is 3.88. The van der Waals surface area contributed by atoms with Crippen LogP contribution in [-0.2, 0) is 6.54 Å². The van der Waals surface area contributed by atoms with Crippen molar-refractivity contribution >= 4 is 5.69 Å². The summed E-state index contributed by atoms with van der Waals surface area (Å²) in [6.07, 6.45) is 3.50. The van der Waals surface area contributed by atoms with Gasteiger partial charge in [-0.1, -0.05) is 6.58 Å². The number of anilines is 1.